The summed E-state index contributed by atoms with van der Waals surface area (Å²) < 4.78 is 3.19. The first-order valence-corrected chi connectivity index (χ1v) is 15.9. The number of aliphatic hydroxyl groups is 1. The molecule has 0 bridgehead atoms. The van der Waals surface area contributed by atoms with Crippen LogP contribution in [0.4, 0.5) is 17.3 Å². The number of rotatable bonds is 10. The Balaban J connectivity index is 1.04. The van der Waals surface area contributed by atoms with E-state index >= 15 is 0 Å². The maximum Gasteiger partial charge on any atom is 0.278 e. The molecule has 45 heavy (non-hydrogen) atoms. The Bertz CT molecular complexity index is 1720. The van der Waals surface area contributed by atoms with E-state index in [0.717, 1.165) is 37.8 Å². The highest BCUT2D eigenvalue weighted by Crippen LogP contribution is 2.25. The SMILES string of the molecule is C=CCn1c(=O)c2cnc(Nc3ccc(N4CCN(C5CN(CC6CNC6)C5)CC4)cc3)nc2n1-c1cccc(C(C)(C)O)n1. The van der Waals surface area contributed by atoms with Gasteiger partial charge in [0.2, 0.25) is 5.95 Å². The lowest BCUT2D eigenvalue weighted by Crippen LogP contribution is -2.64. The van der Waals surface area contributed by atoms with Crippen LogP contribution in [-0.4, -0.2) is 104 Å². The van der Waals surface area contributed by atoms with E-state index in [-0.39, 0.29) is 12.1 Å². The van der Waals surface area contributed by atoms with Crippen molar-refractivity contribution in [1.29, 1.82) is 0 Å². The zero-order valence-electron chi connectivity index (χ0n) is 26.1. The van der Waals surface area contributed by atoms with Gasteiger partial charge in [-0.1, -0.05) is 12.1 Å². The highest BCUT2D eigenvalue weighted by molar-refractivity contribution is 5.77. The summed E-state index contributed by atoms with van der Waals surface area (Å²) in [5.41, 5.74) is 1.59. The molecule has 3 saturated heterocycles. The molecule has 0 spiro atoms. The second-order valence-corrected chi connectivity index (χ2v) is 13.0. The Morgan fingerprint density at radius 1 is 1.07 bits per heavy atom. The molecular weight excluding hydrogens is 568 g/mol. The average molecular weight is 611 g/mol. The number of allylic oxidation sites excluding steroid dienone is 1. The van der Waals surface area contributed by atoms with E-state index in [1.165, 1.54) is 43.1 Å². The lowest BCUT2D eigenvalue weighted by molar-refractivity contribution is 0.0158. The summed E-state index contributed by atoms with van der Waals surface area (Å²) in [6, 6.07) is 14.4. The monoisotopic (exact) mass is 610 g/mol. The lowest BCUT2D eigenvalue weighted by Gasteiger charge is -2.50. The number of pyridine rings is 1. The number of hydrogen-bond donors (Lipinski definition) is 3. The third-order valence-electron chi connectivity index (χ3n) is 9.20. The predicted molar refractivity (Wildman–Crippen MR) is 176 cm³/mol. The Morgan fingerprint density at radius 2 is 1.82 bits per heavy atom. The fraction of sp³-hybridized carbons (Fsp3) is 0.455. The molecule has 236 valence electrons. The van der Waals surface area contributed by atoms with Gasteiger partial charge in [-0.05, 0) is 56.2 Å². The van der Waals surface area contributed by atoms with Gasteiger partial charge in [0.05, 0.1) is 12.2 Å². The highest BCUT2D eigenvalue weighted by Gasteiger charge is 2.35. The normalized spacial score (nSPS) is 18.6. The minimum absolute atomic E-state index is 0.239. The number of piperazine rings is 1. The van der Waals surface area contributed by atoms with Gasteiger partial charge in [0.25, 0.3) is 5.56 Å². The first-order valence-electron chi connectivity index (χ1n) is 15.9. The van der Waals surface area contributed by atoms with Gasteiger partial charge in [-0.2, -0.15) is 4.98 Å². The van der Waals surface area contributed by atoms with Crippen LogP contribution in [0, 0.1) is 5.92 Å². The smallest absolute Gasteiger partial charge is 0.278 e. The molecule has 3 aliphatic rings. The number of hydrogen-bond acceptors (Lipinski definition) is 10. The molecule has 1 aromatic carbocycles. The van der Waals surface area contributed by atoms with E-state index < -0.39 is 5.60 Å². The maximum atomic E-state index is 13.3. The van der Waals surface area contributed by atoms with Gasteiger partial charge in [-0.3, -0.25) is 14.6 Å². The second-order valence-electron chi connectivity index (χ2n) is 13.0. The van der Waals surface area contributed by atoms with Crippen molar-refractivity contribution in [1.82, 2.24) is 39.4 Å². The number of benzene rings is 1. The summed E-state index contributed by atoms with van der Waals surface area (Å²) in [5, 5.41) is 17.6. The number of nitrogens with zero attached hydrogens (tertiary/aromatic N) is 8. The molecular formula is C33H42N10O2. The minimum Gasteiger partial charge on any atom is -0.384 e. The van der Waals surface area contributed by atoms with Crippen molar-refractivity contribution in [2.24, 2.45) is 5.92 Å². The third-order valence-corrected chi connectivity index (χ3v) is 9.20. The van der Waals surface area contributed by atoms with Crippen molar-refractivity contribution in [3.05, 3.63) is 77.4 Å². The molecule has 3 aliphatic heterocycles. The quantitative estimate of drug-likeness (QED) is 0.231. The van der Waals surface area contributed by atoms with Crippen molar-refractivity contribution in [3.8, 4) is 5.82 Å². The number of nitrogens with one attached hydrogen (secondary N) is 2. The summed E-state index contributed by atoms with van der Waals surface area (Å²) >= 11 is 0. The van der Waals surface area contributed by atoms with E-state index in [4.69, 9.17) is 4.98 Å². The molecule has 3 aromatic heterocycles. The van der Waals surface area contributed by atoms with E-state index in [0.29, 0.717) is 34.5 Å². The van der Waals surface area contributed by atoms with Gasteiger partial charge in [-0.15, -0.1) is 6.58 Å². The molecule has 0 aliphatic carbocycles. The van der Waals surface area contributed by atoms with Gasteiger partial charge in [0, 0.05) is 82.5 Å². The van der Waals surface area contributed by atoms with Crippen LogP contribution < -0.4 is 21.1 Å². The molecule has 7 rings (SSSR count). The van der Waals surface area contributed by atoms with Crippen LogP contribution in [-0.2, 0) is 12.1 Å². The second kappa shape index (κ2) is 12.0. The molecule has 6 heterocycles. The Labute approximate surface area is 263 Å². The Kier molecular flexibility index (Phi) is 7.90. The van der Waals surface area contributed by atoms with Crippen molar-refractivity contribution in [2.75, 3.05) is 69.1 Å². The van der Waals surface area contributed by atoms with Gasteiger partial charge >= 0.3 is 0 Å². The van der Waals surface area contributed by atoms with Gasteiger partial charge in [0.1, 0.15) is 11.0 Å². The molecule has 0 atom stereocenters. The first-order chi connectivity index (χ1) is 21.8. The predicted octanol–water partition coefficient (Wildman–Crippen LogP) is 2.16. The number of anilines is 3. The number of aromatic nitrogens is 5. The fourth-order valence-corrected chi connectivity index (χ4v) is 6.49. The molecule has 0 unspecified atom stereocenters. The lowest BCUT2D eigenvalue weighted by atomic mass is 9.98. The van der Waals surface area contributed by atoms with Crippen LogP contribution in [0.1, 0.15) is 19.5 Å². The number of likely N-dealkylation sites (tertiary alicyclic amines) is 1. The van der Waals surface area contributed by atoms with Crippen LogP contribution >= 0.6 is 0 Å². The van der Waals surface area contributed by atoms with Crippen molar-refractivity contribution in [2.45, 2.75) is 32.0 Å². The minimum atomic E-state index is -1.14. The van der Waals surface area contributed by atoms with Crippen LogP contribution in [0.25, 0.3) is 16.9 Å². The summed E-state index contributed by atoms with van der Waals surface area (Å²) in [6.07, 6.45) is 3.20. The highest BCUT2D eigenvalue weighted by atomic mass is 16.3. The zero-order chi connectivity index (χ0) is 31.1. The van der Waals surface area contributed by atoms with E-state index in [1.54, 1.807) is 42.9 Å². The topological polar surface area (TPSA) is 120 Å². The maximum absolute atomic E-state index is 13.3. The molecule has 12 heteroatoms. The average Bonchev–Trinajstić information content (AvgIpc) is 3.26. The van der Waals surface area contributed by atoms with Crippen LogP contribution in [0.2, 0.25) is 0 Å². The third kappa shape index (κ3) is 5.98. The summed E-state index contributed by atoms with van der Waals surface area (Å²) in [6.45, 7) is 17.7. The van der Waals surface area contributed by atoms with Crippen LogP contribution in [0.15, 0.2) is 66.1 Å². The van der Waals surface area contributed by atoms with Crippen LogP contribution in [0.5, 0.6) is 0 Å². The van der Waals surface area contributed by atoms with E-state index in [1.807, 2.05) is 18.2 Å². The summed E-state index contributed by atoms with van der Waals surface area (Å²) in [5.74, 6) is 1.69. The number of fused-ring (bicyclic) bond motifs is 1. The molecule has 4 aromatic rings. The zero-order valence-corrected chi connectivity index (χ0v) is 26.1. The van der Waals surface area contributed by atoms with Crippen LogP contribution in [0.3, 0.4) is 0 Å². The van der Waals surface area contributed by atoms with E-state index in [9.17, 15) is 9.90 Å². The summed E-state index contributed by atoms with van der Waals surface area (Å²) in [7, 11) is 0. The van der Waals surface area contributed by atoms with Crippen molar-refractivity contribution in [3.63, 3.8) is 0 Å². The van der Waals surface area contributed by atoms with Crippen molar-refractivity contribution >= 4 is 28.4 Å². The molecule has 3 fully saturated rings. The van der Waals surface area contributed by atoms with Crippen molar-refractivity contribution < 1.29 is 5.11 Å². The first kappa shape index (κ1) is 29.6. The summed E-state index contributed by atoms with van der Waals surface area (Å²) in [4.78, 5) is 34.9. The largest absolute Gasteiger partial charge is 0.384 e. The molecule has 3 N–H and O–H groups in total. The van der Waals surface area contributed by atoms with E-state index in [2.05, 4.69) is 54.0 Å². The Hall–Kier alpha value is -4.10. The Morgan fingerprint density at radius 3 is 2.49 bits per heavy atom. The van der Waals surface area contributed by atoms with Gasteiger partial charge in [0.15, 0.2) is 11.5 Å². The molecule has 0 saturated carbocycles. The fourth-order valence-electron chi connectivity index (χ4n) is 6.49. The molecule has 0 radical (unpaired) electrons. The molecule has 0 amide bonds. The standard InChI is InChI=1S/C33H42N10O2/c1-4-12-42-31(44)27-19-35-32(38-30(27)43(42)29-7-5-6-28(37-29)33(2,3)45)36-24-8-10-25(11-9-24)40-13-15-41(16-14-40)26-21-39(22-26)20-23-17-34-18-23/h4-11,19,23,26,34,45H,1,12-18,20-22H2,2-3H3,(H,35,36,38). The van der Waals surface area contributed by atoms with Gasteiger partial charge < -0.3 is 20.6 Å². The van der Waals surface area contributed by atoms with Gasteiger partial charge in [-0.25, -0.2) is 19.3 Å². The molecule has 12 nitrogen and oxygen atoms in total.